The maximum atomic E-state index is 13.3. The molecule has 11 nitrogen and oxygen atoms in total. The lowest BCUT2D eigenvalue weighted by atomic mass is 9.99. The maximum Gasteiger partial charge on any atom is 0.306 e. The highest BCUT2D eigenvalue weighted by Crippen LogP contribution is 2.26. The van der Waals surface area contributed by atoms with E-state index in [4.69, 9.17) is 14.2 Å². The molecule has 1 fully saturated rings. The minimum absolute atomic E-state index is 0.122. The number of hydrogen-bond donors (Lipinski definition) is 6. The van der Waals surface area contributed by atoms with E-state index in [1.165, 1.54) is 116 Å². The summed E-state index contributed by atoms with van der Waals surface area (Å²) in [5.41, 5.74) is 0. The molecule has 6 N–H and O–H groups in total. The number of unbranched alkanes of at least 4 members (excludes halogenated alkanes) is 27. The molecule has 0 aromatic carbocycles. The number of esters is 1. The Morgan fingerprint density at radius 3 is 1.57 bits per heavy atom. The number of carbonyl (C=O) groups excluding carboxylic acids is 2. The zero-order chi connectivity index (χ0) is 50.4. The number of hydrogen-bond acceptors (Lipinski definition) is 10. The molecule has 0 aromatic rings. The van der Waals surface area contributed by atoms with Crippen molar-refractivity contribution in [1.29, 1.82) is 0 Å². The summed E-state index contributed by atoms with van der Waals surface area (Å²) in [7, 11) is 0. The van der Waals surface area contributed by atoms with Crippen LogP contribution in [0.15, 0.2) is 60.8 Å². The first-order chi connectivity index (χ1) is 33.7. The summed E-state index contributed by atoms with van der Waals surface area (Å²) < 4.78 is 17.5. The van der Waals surface area contributed by atoms with E-state index in [-0.39, 0.29) is 19.4 Å². The second kappa shape index (κ2) is 46.4. The zero-order valence-electron chi connectivity index (χ0n) is 43.9. The van der Waals surface area contributed by atoms with Crippen LogP contribution in [-0.4, -0.2) is 99.6 Å². The van der Waals surface area contributed by atoms with Crippen molar-refractivity contribution >= 4 is 11.9 Å². The molecule has 1 amide bonds. The Balaban J connectivity index is 2.77. The van der Waals surface area contributed by atoms with Gasteiger partial charge in [0.1, 0.15) is 24.4 Å². The van der Waals surface area contributed by atoms with Crippen LogP contribution in [0.1, 0.15) is 233 Å². The van der Waals surface area contributed by atoms with Crippen LogP contribution in [0.5, 0.6) is 0 Å². The molecule has 69 heavy (non-hydrogen) atoms. The molecule has 1 heterocycles. The number of carbonyl (C=O) groups is 2. The lowest BCUT2D eigenvalue weighted by Crippen LogP contribution is -2.61. The van der Waals surface area contributed by atoms with Gasteiger partial charge in [-0.15, -0.1) is 0 Å². The van der Waals surface area contributed by atoms with Crippen LogP contribution in [0.2, 0.25) is 0 Å². The van der Waals surface area contributed by atoms with Gasteiger partial charge < -0.3 is 45.1 Å². The van der Waals surface area contributed by atoms with Crippen molar-refractivity contribution in [2.24, 2.45) is 0 Å². The van der Waals surface area contributed by atoms with E-state index in [1.807, 2.05) is 42.5 Å². The van der Waals surface area contributed by atoms with Gasteiger partial charge in [-0.05, 0) is 44.9 Å². The summed E-state index contributed by atoms with van der Waals surface area (Å²) in [6, 6.07) is -1.03. The largest absolute Gasteiger partial charge is 0.454 e. The molecule has 0 bridgehead atoms. The Kier molecular flexibility index (Phi) is 43.3. The van der Waals surface area contributed by atoms with E-state index in [0.717, 1.165) is 70.6 Å². The summed E-state index contributed by atoms with van der Waals surface area (Å²) in [6.45, 7) is 5.62. The molecule has 1 aliphatic heterocycles. The number of nitrogens with one attached hydrogen (secondary N) is 1. The highest BCUT2D eigenvalue weighted by atomic mass is 16.7. The Hall–Kier alpha value is -2.64. The molecule has 11 heteroatoms. The molecule has 0 aromatic heterocycles. The first-order valence-electron chi connectivity index (χ1n) is 28.1. The average Bonchev–Trinajstić information content (AvgIpc) is 3.34. The predicted molar refractivity (Wildman–Crippen MR) is 283 cm³/mol. The molecule has 8 atom stereocenters. The topological polar surface area (TPSA) is 175 Å². The highest BCUT2D eigenvalue weighted by molar-refractivity contribution is 5.80. The van der Waals surface area contributed by atoms with Crippen molar-refractivity contribution in [2.75, 3.05) is 13.2 Å². The number of amides is 1. The number of aliphatic hydroxyl groups excluding tert-OH is 5. The van der Waals surface area contributed by atoms with E-state index >= 15 is 0 Å². The Labute approximate surface area is 420 Å². The van der Waals surface area contributed by atoms with Crippen LogP contribution in [0, 0.1) is 0 Å². The number of rotatable bonds is 46. The van der Waals surface area contributed by atoms with Gasteiger partial charge in [-0.25, -0.2) is 0 Å². The molecule has 0 saturated carbocycles. The van der Waals surface area contributed by atoms with Crippen molar-refractivity contribution in [3.8, 4) is 0 Å². The van der Waals surface area contributed by atoms with Crippen LogP contribution in [-0.2, 0) is 23.8 Å². The van der Waals surface area contributed by atoms with E-state index in [0.29, 0.717) is 12.8 Å². The van der Waals surface area contributed by atoms with E-state index in [9.17, 15) is 35.1 Å². The van der Waals surface area contributed by atoms with E-state index in [2.05, 4.69) is 38.2 Å². The summed E-state index contributed by atoms with van der Waals surface area (Å²) in [4.78, 5) is 26.4. The third-order valence-corrected chi connectivity index (χ3v) is 13.0. The molecular formula is C58H103NO10. The van der Waals surface area contributed by atoms with Gasteiger partial charge in [0.15, 0.2) is 12.4 Å². The van der Waals surface area contributed by atoms with Gasteiger partial charge >= 0.3 is 5.97 Å². The lowest BCUT2D eigenvalue weighted by molar-refractivity contribution is -0.305. The van der Waals surface area contributed by atoms with Crippen molar-refractivity contribution < 1.29 is 49.3 Å². The first kappa shape index (κ1) is 64.4. The SMILES string of the molecule is CC/C=C/C=C/C=C/C=C\CCCCCCC(O)C(=O)NC(COC1OC(CO)C(O)C(O)C1OC(=O)CCCCCCCCCCCCCCCC)C(O)/C=C/CCCCCCCCCCCC. The zero-order valence-corrected chi connectivity index (χ0v) is 43.9. The molecule has 1 saturated heterocycles. The lowest BCUT2D eigenvalue weighted by Gasteiger charge is -2.41. The molecule has 0 aliphatic carbocycles. The fourth-order valence-electron chi connectivity index (χ4n) is 8.54. The third-order valence-electron chi connectivity index (χ3n) is 13.0. The second-order valence-electron chi connectivity index (χ2n) is 19.4. The average molecular weight is 974 g/mol. The van der Waals surface area contributed by atoms with Gasteiger partial charge in [-0.2, -0.15) is 0 Å². The quantitative estimate of drug-likeness (QED) is 0.0149. The molecule has 8 unspecified atom stereocenters. The first-order valence-corrected chi connectivity index (χ1v) is 28.1. The Morgan fingerprint density at radius 2 is 1.04 bits per heavy atom. The fraction of sp³-hybridized carbons (Fsp3) is 0.793. The smallest absolute Gasteiger partial charge is 0.306 e. The molecule has 1 rings (SSSR count). The molecule has 400 valence electrons. The summed E-state index contributed by atoms with van der Waals surface area (Å²) in [6.07, 6.45) is 45.5. The van der Waals surface area contributed by atoms with Gasteiger partial charge in [-0.1, -0.05) is 242 Å². The summed E-state index contributed by atoms with van der Waals surface area (Å²) in [5.74, 6) is -1.22. The minimum Gasteiger partial charge on any atom is -0.454 e. The Morgan fingerprint density at radius 1 is 0.580 bits per heavy atom. The molecule has 0 radical (unpaired) electrons. The molecule has 1 aliphatic rings. The van der Waals surface area contributed by atoms with Crippen molar-refractivity contribution in [2.45, 2.75) is 282 Å². The van der Waals surface area contributed by atoms with E-state index < -0.39 is 67.4 Å². The fourth-order valence-corrected chi connectivity index (χ4v) is 8.54. The van der Waals surface area contributed by atoms with Crippen LogP contribution < -0.4 is 5.32 Å². The van der Waals surface area contributed by atoms with Crippen LogP contribution in [0.4, 0.5) is 0 Å². The standard InChI is InChI=1S/C58H103NO10/c1-4-7-10-13-16-19-22-25-27-30-33-36-39-42-45-51(62)57(66)59-49(50(61)44-41-38-35-32-29-24-21-18-15-12-9-6-3)48-67-58-56(55(65)54(64)52(47-60)68-58)69-53(63)46-43-40-37-34-31-28-26-23-20-17-14-11-8-5-2/h7,10,13,16,19,22,25,27,41,44,49-52,54-56,58,60-62,64-65H,4-6,8-9,11-12,14-15,17-18,20-21,23-24,26,28-40,42-43,45-48H2,1-3H3,(H,59,66)/b10-7+,16-13+,22-19+,27-25-,44-41+. The van der Waals surface area contributed by atoms with Gasteiger partial charge in [0.05, 0.1) is 25.4 Å². The summed E-state index contributed by atoms with van der Waals surface area (Å²) in [5, 5.41) is 56.7. The summed E-state index contributed by atoms with van der Waals surface area (Å²) >= 11 is 0. The molecular weight excluding hydrogens is 871 g/mol. The number of aliphatic hydroxyl groups is 5. The van der Waals surface area contributed by atoms with Gasteiger partial charge in [0, 0.05) is 6.42 Å². The van der Waals surface area contributed by atoms with Gasteiger partial charge in [0.25, 0.3) is 0 Å². The predicted octanol–water partition coefficient (Wildman–Crippen LogP) is 12.3. The second-order valence-corrected chi connectivity index (χ2v) is 19.4. The normalized spacial score (nSPS) is 20.3. The maximum absolute atomic E-state index is 13.3. The van der Waals surface area contributed by atoms with Gasteiger partial charge in [0.2, 0.25) is 5.91 Å². The number of allylic oxidation sites excluding steroid dienone is 9. The van der Waals surface area contributed by atoms with Crippen molar-refractivity contribution in [1.82, 2.24) is 5.32 Å². The minimum atomic E-state index is -1.62. The van der Waals surface area contributed by atoms with Crippen LogP contribution in [0.25, 0.3) is 0 Å². The van der Waals surface area contributed by atoms with E-state index in [1.54, 1.807) is 6.08 Å². The monoisotopic (exact) mass is 974 g/mol. The van der Waals surface area contributed by atoms with Crippen molar-refractivity contribution in [3.63, 3.8) is 0 Å². The highest BCUT2D eigenvalue weighted by Gasteiger charge is 2.47. The Bertz CT molecular complexity index is 1350. The van der Waals surface area contributed by atoms with Crippen LogP contribution in [0.3, 0.4) is 0 Å². The van der Waals surface area contributed by atoms with Gasteiger partial charge in [-0.3, -0.25) is 9.59 Å². The third kappa shape index (κ3) is 35.2. The van der Waals surface area contributed by atoms with Crippen molar-refractivity contribution in [3.05, 3.63) is 60.8 Å². The molecule has 0 spiro atoms. The van der Waals surface area contributed by atoms with Crippen LogP contribution >= 0.6 is 0 Å². The number of ether oxygens (including phenoxy) is 3.